The molecule has 0 unspecified atom stereocenters. The van der Waals surface area contributed by atoms with Crippen molar-refractivity contribution in [3.8, 4) is 5.75 Å². The van der Waals surface area contributed by atoms with Gasteiger partial charge in [-0.15, -0.1) is 0 Å². The minimum absolute atomic E-state index is 0.137. The smallest absolute Gasteiger partial charge is 0.283 e. The topological polar surface area (TPSA) is 79.2 Å². The highest BCUT2D eigenvalue weighted by Gasteiger charge is 2.30. The highest BCUT2D eigenvalue weighted by Crippen LogP contribution is 2.32. The zero-order chi connectivity index (χ0) is 20.1. The fourth-order valence-corrected chi connectivity index (χ4v) is 4.60. The van der Waals surface area contributed by atoms with Crippen LogP contribution < -0.4 is 4.74 Å². The van der Waals surface area contributed by atoms with E-state index in [2.05, 4.69) is 25.2 Å². The lowest BCUT2D eigenvalue weighted by Crippen LogP contribution is -2.28. The summed E-state index contributed by atoms with van der Waals surface area (Å²) in [4.78, 5) is 2.31. The summed E-state index contributed by atoms with van der Waals surface area (Å²) in [5.41, 5.74) is 1.80. The molecular weight excluding hydrogens is 444 g/mol. The van der Waals surface area contributed by atoms with Crippen LogP contribution in [-0.2, 0) is 10.0 Å². The summed E-state index contributed by atoms with van der Waals surface area (Å²) in [5, 5.41) is 9.02. The van der Waals surface area contributed by atoms with Crippen molar-refractivity contribution in [2.75, 3.05) is 32.8 Å². The first-order chi connectivity index (χ1) is 13.4. The monoisotopic (exact) mass is 466 g/mol. The van der Waals surface area contributed by atoms with Crippen LogP contribution in [0, 0.1) is 0 Å². The SMILES string of the molecule is CCN(CCO)CCCOc1ccc2c(c1)S(=O)(=O)N=C2c1ccc(Br)cc1. The Morgan fingerprint density at radius 3 is 2.57 bits per heavy atom. The third kappa shape index (κ3) is 4.81. The van der Waals surface area contributed by atoms with Gasteiger partial charge in [0.15, 0.2) is 0 Å². The number of sulfonamides is 1. The minimum atomic E-state index is -3.73. The lowest BCUT2D eigenvalue weighted by Gasteiger charge is -2.18. The number of likely N-dealkylation sites (N-methyl/N-ethyl adjacent to an activating group) is 1. The van der Waals surface area contributed by atoms with Gasteiger partial charge in [-0.1, -0.05) is 35.0 Å². The second kappa shape index (κ2) is 9.17. The largest absolute Gasteiger partial charge is 0.494 e. The molecule has 1 heterocycles. The van der Waals surface area contributed by atoms with Crippen LogP contribution in [0.25, 0.3) is 0 Å². The molecule has 1 aliphatic rings. The highest BCUT2D eigenvalue weighted by atomic mass is 79.9. The third-order valence-corrected chi connectivity index (χ3v) is 6.41. The van der Waals surface area contributed by atoms with Crippen LogP contribution in [-0.4, -0.2) is 57.0 Å². The lowest BCUT2D eigenvalue weighted by molar-refractivity contribution is 0.189. The maximum absolute atomic E-state index is 12.5. The maximum Gasteiger partial charge on any atom is 0.283 e. The fraction of sp³-hybridized carbons (Fsp3) is 0.350. The summed E-state index contributed by atoms with van der Waals surface area (Å²) >= 11 is 3.38. The molecule has 2 aromatic carbocycles. The van der Waals surface area contributed by atoms with Crippen molar-refractivity contribution in [3.05, 3.63) is 58.1 Å². The molecule has 0 aromatic heterocycles. The quantitative estimate of drug-likeness (QED) is 0.574. The maximum atomic E-state index is 12.5. The molecule has 6 nitrogen and oxygen atoms in total. The van der Waals surface area contributed by atoms with Gasteiger partial charge in [0, 0.05) is 34.8 Å². The van der Waals surface area contributed by atoms with E-state index in [4.69, 9.17) is 9.84 Å². The normalized spacial score (nSPS) is 14.8. The van der Waals surface area contributed by atoms with Gasteiger partial charge in [0.1, 0.15) is 10.6 Å². The lowest BCUT2D eigenvalue weighted by atomic mass is 10.0. The second-order valence-electron chi connectivity index (χ2n) is 6.44. The van der Waals surface area contributed by atoms with Crippen LogP contribution in [0.3, 0.4) is 0 Å². The minimum Gasteiger partial charge on any atom is -0.494 e. The Morgan fingerprint density at radius 2 is 1.89 bits per heavy atom. The predicted molar refractivity (Wildman–Crippen MR) is 113 cm³/mol. The van der Waals surface area contributed by atoms with Gasteiger partial charge in [-0.05, 0) is 37.2 Å². The van der Waals surface area contributed by atoms with Crippen molar-refractivity contribution in [1.29, 1.82) is 0 Å². The summed E-state index contributed by atoms with van der Waals surface area (Å²) in [6.07, 6.45) is 0.790. The van der Waals surface area contributed by atoms with Crippen molar-refractivity contribution >= 4 is 31.7 Å². The van der Waals surface area contributed by atoms with Crippen LogP contribution in [0.1, 0.15) is 24.5 Å². The molecule has 0 atom stereocenters. The first-order valence-electron chi connectivity index (χ1n) is 9.16. The molecule has 0 aliphatic carbocycles. The Kier molecular flexibility index (Phi) is 6.87. The predicted octanol–water partition coefficient (Wildman–Crippen LogP) is 3.07. The zero-order valence-corrected chi connectivity index (χ0v) is 18.0. The van der Waals surface area contributed by atoms with E-state index in [0.717, 1.165) is 29.5 Å². The van der Waals surface area contributed by atoms with Crippen molar-refractivity contribution < 1.29 is 18.3 Å². The molecule has 1 N–H and O–H groups in total. The van der Waals surface area contributed by atoms with E-state index in [1.54, 1.807) is 18.2 Å². The summed E-state index contributed by atoms with van der Waals surface area (Å²) in [6.45, 7) is 4.98. The van der Waals surface area contributed by atoms with Gasteiger partial charge in [-0.2, -0.15) is 12.8 Å². The average molecular weight is 467 g/mol. The van der Waals surface area contributed by atoms with Gasteiger partial charge in [0.25, 0.3) is 10.0 Å². The molecule has 0 fully saturated rings. The number of halogens is 1. The standard InChI is InChI=1S/C20H23BrN2O4S/c1-2-23(11-12-24)10-3-13-27-17-8-9-18-19(14-17)28(25,26)22-20(18)15-4-6-16(21)7-5-15/h4-9,14,24H,2-3,10-13H2,1H3. The van der Waals surface area contributed by atoms with Crippen LogP contribution in [0.2, 0.25) is 0 Å². The zero-order valence-electron chi connectivity index (χ0n) is 15.6. The van der Waals surface area contributed by atoms with Gasteiger partial charge in [-0.3, -0.25) is 0 Å². The van der Waals surface area contributed by atoms with Crippen LogP contribution in [0.15, 0.2) is 56.2 Å². The summed E-state index contributed by atoms with van der Waals surface area (Å²) in [7, 11) is -3.73. The van der Waals surface area contributed by atoms with Crippen LogP contribution in [0.4, 0.5) is 0 Å². The Morgan fingerprint density at radius 1 is 1.14 bits per heavy atom. The van der Waals surface area contributed by atoms with Gasteiger partial charge >= 0.3 is 0 Å². The van der Waals surface area contributed by atoms with E-state index in [-0.39, 0.29) is 11.5 Å². The molecule has 28 heavy (non-hydrogen) atoms. The Bertz CT molecular complexity index is 959. The third-order valence-electron chi connectivity index (χ3n) is 4.57. The van der Waals surface area contributed by atoms with E-state index in [1.165, 1.54) is 0 Å². The van der Waals surface area contributed by atoms with Crippen molar-refractivity contribution in [3.63, 3.8) is 0 Å². The molecular formula is C20H23BrN2O4S. The number of aliphatic hydroxyl groups is 1. The first kappa shape index (κ1) is 21.0. The summed E-state index contributed by atoms with van der Waals surface area (Å²) < 4.78 is 35.6. The van der Waals surface area contributed by atoms with Gasteiger partial charge < -0.3 is 14.7 Å². The van der Waals surface area contributed by atoms with E-state index in [0.29, 0.717) is 30.2 Å². The number of fused-ring (bicyclic) bond motifs is 1. The summed E-state index contributed by atoms with van der Waals surface area (Å²) in [6, 6.07) is 12.5. The molecule has 1 aliphatic heterocycles. The van der Waals surface area contributed by atoms with Gasteiger partial charge in [0.05, 0.1) is 18.9 Å². The molecule has 0 radical (unpaired) electrons. The number of benzene rings is 2. The van der Waals surface area contributed by atoms with Gasteiger partial charge in [0.2, 0.25) is 0 Å². The molecule has 0 spiro atoms. The van der Waals surface area contributed by atoms with Crippen molar-refractivity contribution in [2.45, 2.75) is 18.2 Å². The molecule has 0 bridgehead atoms. The van der Waals surface area contributed by atoms with Crippen LogP contribution >= 0.6 is 15.9 Å². The number of hydrogen-bond acceptors (Lipinski definition) is 5. The second-order valence-corrected chi connectivity index (χ2v) is 8.93. The molecule has 0 amide bonds. The summed E-state index contributed by atoms with van der Waals surface area (Å²) in [5.74, 6) is 0.514. The number of aliphatic hydroxyl groups excluding tert-OH is 1. The highest BCUT2D eigenvalue weighted by molar-refractivity contribution is 9.10. The van der Waals surface area contributed by atoms with E-state index in [1.807, 2.05) is 31.2 Å². The Balaban J connectivity index is 1.71. The average Bonchev–Trinajstić information content (AvgIpc) is 2.95. The van der Waals surface area contributed by atoms with E-state index in [9.17, 15) is 8.42 Å². The van der Waals surface area contributed by atoms with E-state index >= 15 is 0 Å². The molecule has 150 valence electrons. The van der Waals surface area contributed by atoms with Crippen LogP contribution in [0.5, 0.6) is 5.75 Å². The van der Waals surface area contributed by atoms with Crippen molar-refractivity contribution in [2.24, 2.45) is 4.40 Å². The molecule has 3 rings (SSSR count). The van der Waals surface area contributed by atoms with Crippen molar-refractivity contribution in [1.82, 2.24) is 4.90 Å². The van der Waals surface area contributed by atoms with Gasteiger partial charge in [-0.25, -0.2) is 0 Å². The Labute approximate surface area is 174 Å². The Hall–Kier alpha value is -1.74. The van der Waals surface area contributed by atoms with E-state index < -0.39 is 10.0 Å². The fourth-order valence-electron chi connectivity index (χ4n) is 3.08. The first-order valence-corrected chi connectivity index (χ1v) is 11.4. The number of nitrogens with zero attached hydrogens (tertiary/aromatic N) is 2. The molecule has 0 saturated carbocycles. The number of hydrogen-bond donors (Lipinski definition) is 1. The molecule has 0 saturated heterocycles. The molecule has 2 aromatic rings. The number of rotatable bonds is 9. The number of ether oxygens (including phenoxy) is 1. The molecule has 8 heteroatoms.